The van der Waals surface area contributed by atoms with Crippen molar-refractivity contribution in [3.63, 3.8) is 0 Å². The number of aliphatic hydroxyl groups is 1. The van der Waals surface area contributed by atoms with Gasteiger partial charge in [0.1, 0.15) is 0 Å². The van der Waals surface area contributed by atoms with E-state index in [9.17, 15) is 9.59 Å². The summed E-state index contributed by atoms with van der Waals surface area (Å²) < 4.78 is 0. The van der Waals surface area contributed by atoms with E-state index in [2.05, 4.69) is 10.2 Å². The third-order valence-electron chi connectivity index (χ3n) is 3.04. The molecule has 0 unspecified atom stereocenters. The Hall–Kier alpha value is -2.08. The van der Waals surface area contributed by atoms with E-state index in [1.165, 1.54) is 0 Å². The molecule has 0 radical (unpaired) electrons. The lowest BCUT2D eigenvalue weighted by molar-refractivity contribution is -0.140. The lowest BCUT2D eigenvalue weighted by Gasteiger charge is -2.21. The van der Waals surface area contributed by atoms with Gasteiger partial charge in [-0.2, -0.15) is 0 Å². The highest BCUT2D eigenvalue weighted by Crippen LogP contribution is 2.14. The minimum atomic E-state index is -1.29. The minimum absolute atomic E-state index is 0.362. The normalized spacial score (nSPS) is 11.8. The van der Waals surface area contributed by atoms with E-state index < -0.39 is 24.5 Å². The summed E-state index contributed by atoms with van der Waals surface area (Å²) in [5.41, 5.74) is 1.36. The van der Waals surface area contributed by atoms with Crippen molar-refractivity contribution in [2.75, 3.05) is 24.6 Å². The average Bonchev–Trinajstić information content (AvgIpc) is 2.46. The van der Waals surface area contributed by atoms with Gasteiger partial charge in [0.05, 0.1) is 6.61 Å². The smallest absolute Gasteiger partial charge is 0.328 e. The fraction of sp³-hybridized carbons (Fsp3) is 0.429. The number of anilines is 1. The maximum atomic E-state index is 11.8. The number of nitrogens with one attached hydrogen (secondary N) is 1. The molecule has 0 aliphatic heterocycles. The number of rotatable bonds is 7. The number of carbonyl (C=O) groups is 2. The Balaban J connectivity index is 2.77. The molecule has 0 spiro atoms. The van der Waals surface area contributed by atoms with Gasteiger partial charge < -0.3 is 20.4 Å². The molecule has 6 heteroatoms. The molecule has 1 amide bonds. The van der Waals surface area contributed by atoms with Crippen LogP contribution in [-0.4, -0.2) is 47.8 Å². The number of hydrogen-bond acceptors (Lipinski definition) is 4. The van der Waals surface area contributed by atoms with Crippen molar-refractivity contribution >= 4 is 17.6 Å². The van der Waals surface area contributed by atoms with E-state index in [0.717, 1.165) is 18.8 Å². The maximum absolute atomic E-state index is 11.8. The molecular formula is C14H20N2O4. The molecule has 0 aromatic heterocycles. The van der Waals surface area contributed by atoms with Gasteiger partial charge in [-0.05, 0) is 38.1 Å². The Labute approximate surface area is 118 Å². The second-order valence-electron chi connectivity index (χ2n) is 4.27. The van der Waals surface area contributed by atoms with Gasteiger partial charge >= 0.3 is 5.97 Å². The molecule has 1 aromatic rings. The summed E-state index contributed by atoms with van der Waals surface area (Å²) in [6, 6.07) is 5.62. The summed E-state index contributed by atoms with van der Waals surface area (Å²) >= 11 is 0. The molecule has 0 fully saturated rings. The van der Waals surface area contributed by atoms with Gasteiger partial charge in [-0.3, -0.25) is 4.79 Å². The third-order valence-corrected chi connectivity index (χ3v) is 3.04. The zero-order valence-electron chi connectivity index (χ0n) is 11.7. The van der Waals surface area contributed by atoms with Crippen molar-refractivity contribution in [3.8, 4) is 0 Å². The summed E-state index contributed by atoms with van der Waals surface area (Å²) in [4.78, 5) is 24.7. The van der Waals surface area contributed by atoms with Crippen LogP contribution in [0.1, 0.15) is 24.2 Å². The zero-order valence-corrected chi connectivity index (χ0v) is 11.7. The first-order chi connectivity index (χ1) is 9.53. The molecule has 0 heterocycles. The van der Waals surface area contributed by atoms with Gasteiger partial charge in [-0.25, -0.2) is 4.79 Å². The van der Waals surface area contributed by atoms with E-state index in [4.69, 9.17) is 10.2 Å². The Bertz CT molecular complexity index is 455. The van der Waals surface area contributed by atoms with Crippen molar-refractivity contribution in [2.45, 2.75) is 19.9 Å². The molecule has 1 atom stereocenters. The Morgan fingerprint density at radius 2 is 1.75 bits per heavy atom. The van der Waals surface area contributed by atoms with Gasteiger partial charge in [-0.15, -0.1) is 0 Å². The van der Waals surface area contributed by atoms with Crippen LogP contribution in [0.2, 0.25) is 0 Å². The number of aliphatic carboxylic acids is 1. The van der Waals surface area contributed by atoms with E-state index in [1.807, 2.05) is 26.0 Å². The number of hydrogen-bond donors (Lipinski definition) is 3. The third kappa shape index (κ3) is 3.96. The van der Waals surface area contributed by atoms with Gasteiger partial charge in [-0.1, -0.05) is 0 Å². The number of carboxylic acid groups (broad SMARTS) is 1. The van der Waals surface area contributed by atoms with Gasteiger partial charge in [0.15, 0.2) is 6.04 Å². The molecule has 1 aromatic carbocycles. The Morgan fingerprint density at radius 3 is 2.15 bits per heavy atom. The maximum Gasteiger partial charge on any atom is 0.328 e. The fourth-order valence-electron chi connectivity index (χ4n) is 1.84. The van der Waals surface area contributed by atoms with Crippen LogP contribution in [0.15, 0.2) is 24.3 Å². The van der Waals surface area contributed by atoms with Crippen LogP contribution in [-0.2, 0) is 4.79 Å². The van der Waals surface area contributed by atoms with Gasteiger partial charge in [0.2, 0.25) is 0 Å². The second-order valence-corrected chi connectivity index (χ2v) is 4.27. The number of nitrogens with zero attached hydrogens (tertiary/aromatic N) is 1. The van der Waals surface area contributed by atoms with E-state index >= 15 is 0 Å². The number of carboxylic acids is 1. The van der Waals surface area contributed by atoms with E-state index in [1.54, 1.807) is 12.1 Å². The van der Waals surface area contributed by atoms with Crippen LogP contribution >= 0.6 is 0 Å². The highest BCUT2D eigenvalue weighted by atomic mass is 16.4. The Morgan fingerprint density at radius 1 is 1.20 bits per heavy atom. The van der Waals surface area contributed by atoms with Crippen LogP contribution in [0.3, 0.4) is 0 Å². The molecule has 0 aliphatic carbocycles. The highest BCUT2D eigenvalue weighted by Gasteiger charge is 2.19. The summed E-state index contributed by atoms with van der Waals surface area (Å²) in [5, 5.41) is 19.9. The van der Waals surface area contributed by atoms with Crippen LogP contribution in [0.25, 0.3) is 0 Å². The largest absolute Gasteiger partial charge is 0.480 e. The first kappa shape index (κ1) is 16.0. The molecule has 0 aliphatic rings. The summed E-state index contributed by atoms with van der Waals surface area (Å²) in [7, 11) is 0. The summed E-state index contributed by atoms with van der Waals surface area (Å²) in [6.07, 6.45) is 0. The van der Waals surface area contributed by atoms with Crippen LogP contribution < -0.4 is 10.2 Å². The molecule has 110 valence electrons. The average molecular weight is 280 g/mol. The van der Waals surface area contributed by atoms with Crippen molar-refractivity contribution < 1.29 is 19.8 Å². The van der Waals surface area contributed by atoms with Crippen molar-refractivity contribution in [3.05, 3.63) is 29.8 Å². The van der Waals surface area contributed by atoms with Gasteiger partial charge in [0, 0.05) is 24.3 Å². The van der Waals surface area contributed by atoms with E-state index in [-0.39, 0.29) is 0 Å². The number of benzene rings is 1. The molecule has 0 saturated carbocycles. The minimum Gasteiger partial charge on any atom is -0.480 e. The molecule has 6 nitrogen and oxygen atoms in total. The number of aliphatic hydroxyl groups excluding tert-OH is 1. The monoisotopic (exact) mass is 280 g/mol. The number of amides is 1. The van der Waals surface area contributed by atoms with Crippen LogP contribution in [0, 0.1) is 0 Å². The molecular weight excluding hydrogens is 260 g/mol. The fourth-order valence-corrected chi connectivity index (χ4v) is 1.84. The SMILES string of the molecule is CCN(CC)c1ccc(C(=O)N[C@H](CO)C(=O)O)cc1. The van der Waals surface area contributed by atoms with Crippen molar-refractivity contribution in [1.82, 2.24) is 5.32 Å². The molecule has 3 N–H and O–H groups in total. The van der Waals surface area contributed by atoms with Crippen LogP contribution in [0.5, 0.6) is 0 Å². The van der Waals surface area contributed by atoms with Crippen molar-refractivity contribution in [2.24, 2.45) is 0 Å². The first-order valence-corrected chi connectivity index (χ1v) is 6.53. The van der Waals surface area contributed by atoms with Crippen LogP contribution in [0.4, 0.5) is 5.69 Å². The topological polar surface area (TPSA) is 89.9 Å². The molecule has 0 saturated heterocycles. The lowest BCUT2D eigenvalue weighted by Crippen LogP contribution is -2.43. The summed E-state index contributed by atoms with van der Waals surface area (Å²) in [6.45, 7) is 5.19. The Kier molecular flexibility index (Phi) is 5.99. The second kappa shape index (κ2) is 7.49. The first-order valence-electron chi connectivity index (χ1n) is 6.53. The van der Waals surface area contributed by atoms with Gasteiger partial charge in [0.25, 0.3) is 5.91 Å². The number of carbonyl (C=O) groups excluding carboxylic acids is 1. The lowest BCUT2D eigenvalue weighted by atomic mass is 10.1. The zero-order chi connectivity index (χ0) is 15.1. The standard InChI is InChI=1S/C14H20N2O4/c1-3-16(4-2)11-7-5-10(6-8-11)13(18)15-12(9-17)14(19)20/h5-8,12,17H,3-4,9H2,1-2H3,(H,15,18)(H,19,20)/t12-/m1/s1. The predicted octanol–water partition coefficient (Wildman–Crippen LogP) is 0.708. The molecule has 0 bridgehead atoms. The predicted molar refractivity (Wildman–Crippen MR) is 76.0 cm³/mol. The van der Waals surface area contributed by atoms with Crippen molar-refractivity contribution in [1.29, 1.82) is 0 Å². The highest BCUT2D eigenvalue weighted by molar-refractivity contribution is 5.96. The molecule has 20 heavy (non-hydrogen) atoms. The summed E-state index contributed by atoms with van der Waals surface area (Å²) in [5.74, 6) is -1.78. The van der Waals surface area contributed by atoms with E-state index in [0.29, 0.717) is 5.56 Å². The quantitative estimate of drug-likeness (QED) is 0.684. The molecule has 1 rings (SSSR count).